The molecule has 0 aliphatic rings. The highest BCUT2D eigenvalue weighted by molar-refractivity contribution is 5.69. The van der Waals surface area contributed by atoms with Crippen molar-refractivity contribution in [2.75, 3.05) is 0 Å². The summed E-state index contributed by atoms with van der Waals surface area (Å²) in [4.78, 5) is 10.4. The van der Waals surface area contributed by atoms with E-state index in [0.29, 0.717) is 5.56 Å². The predicted octanol–water partition coefficient (Wildman–Crippen LogP) is 1.32. The Balaban J connectivity index is 3.14. The third-order valence-corrected chi connectivity index (χ3v) is 1.56. The number of hydrogen-bond acceptors (Lipinski definition) is 3. The maximum atomic E-state index is 10.4. The molecule has 0 saturated carbocycles. The van der Waals surface area contributed by atoms with E-state index in [0.717, 1.165) is 5.56 Å². The highest BCUT2D eigenvalue weighted by Crippen LogP contribution is 2.20. The van der Waals surface area contributed by atoms with E-state index >= 15 is 0 Å². The van der Waals surface area contributed by atoms with Gasteiger partial charge in [-0.2, -0.15) is 5.26 Å². The summed E-state index contributed by atoms with van der Waals surface area (Å²) in [5, 5.41) is 8.73. The SMILES string of the molecule is Cc1cccc(OC(N)=O)c1C#N. The van der Waals surface area contributed by atoms with Crippen molar-refractivity contribution in [2.24, 2.45) is 5.73 Å². The zero-order valence-corrected chi connectivity index (χ0v) is 7.07. The number of carbonyl (C=O) groups is 1. The number of aryl methyl sites for hydroxylation is 1. The van der Waals surface area contributed by atoms with E-state index in [9.17, 15) is 4.79 Å². The molecule has 2 N–H and O–H groups in total. The van der Waals surface area contributed by atoms with Crippen molar-refractivity contribution in [2.45, 2.75) is 6.92 Å². The first kappa shape index (κ1) is 9.07. The topological polar surface area (TPSA) is 76.1 Å². The maximum Gasteiger partial charge on any atom is 0.410 e. The quantitative estimate of drug-likeness (QED) is 0.701. The summed E-state index contributed by atoms with van der Waals surface area (Å²) in [5.74, 6) is 0.204. The normalized spacial score (nSPS) is 8.92. The number of amides is 1. The first-order chi connectivity index (χ1) is 6.15. The van der Waals surface area contributed by atoms with E-state index in [2.05, 4.69) is 4.74 Å². The standard InChI is InChI=1S/C9H8N2O2/c1-6-3-2-4-8(7(6)5-10)13-9(11)12/h2-4H,1H3,(H2,11,12). The molecule has 0 atom stereocenters. The molecule has 0 radical (unpaired) electrons. The number of hydrogen-bond donors (Lipinski definition) is 1. The molecule has 0 unspecified atom stereocenters. The van der Waals surface area contributed by atoms with Crippen LogP contribution >= 0.6 is 0 Å². The number of carbonyl (C=O) groups excluding carboxylic acids is 1. The van der Waals surface area contributed by atoms with Crippen molar-refractivity contribution in [1.29, 1.82) is 5.26 Å². The minimum atomic E-state index is -0.915. The molecule has 0 spiro atoms. The molecule has 1 amide bonds. The van der Waals surface area contributed by atoms with E-state index in [-0.39, 0.29) is 5.75 Å². The van der Waals surface area contributed by atoms with Gasteiger partial charge in [-0.05, 0) is 18.6 Å². The zero-order valence-electron chi connectivity index (χ0n) is 7.07. The lowest BCUT2D eigenvalue weighted by atomic mass is 10.1. The van der Waals surface area contributed by atoms with E-state index in [1.165, 1.54) is 6.07 Å². The van der Waals surface area contributed by atoms with Crippen molar-refractivity contribution in [3.05, 3.63) is 29.3 Å². The highest BCUT2D eigenvalue weighted by Gasteiger charge is 2.07. The molecule has 0 aliphatic heterocycles. The predicted molar refractivity (Wildman–Crippen MR) is 46.1 cm³/mol. The second kappa shape index (κ2) is 3.59. The average molecular weight is 176 g/mol. The Labute approximate surface area is 75.5 Å². The van der Waals surface area contributed by atoms with Crippen LogP contribution < -0.4 is 10.5 Å². The molecule has 1 rings (SSSR count). The number of primary amides is 1. The second-order valence-electron chi connectivity index (χ2n) is 2.48. The maximum absolute atomic E-state index is 10.4. The van der Waals surface area contributed by atoms with Gasteiger partial charge in [0.25, 0.3) is 0 Å². The molecule has 0 fully saturated rings. The number of ether oxygens (including phenoxy) is 1. The van der Waals surface area contributed by atoms with Crippen molar-refractivity contribution in [3.63, 3.8) is 0 Å². The van der Waals surface area contributed by atoms with Gasteiger partial charge in [-0.3, -0.25) is 0 Å². The second-order valence-corrected chi connectivity index (χ2v) is 2.48. The molecule has 0 bridgehead atoms. The van der Waals surface area contributed by atoms with Crippen LogP contribution in [-0.4, -0.2) is 6.09 Å². The van der Waals surface area contributed by atoms with Gasteiger partial charge in [0.1, 0.15) is 6.07 Å². The van der Waals surface area contributed by atoms with Crippen LogP contribution in [0.5, 0.6) is 5.75 Å². The van der Waals surface area contributed by atoms with E-state index in [1.54, 1.807) is 19.1 Å². The summed E-state index contributed by atoms with van der Waals surface area (Å²) in [6.07, 6.45) is -0.915. The first-order valence-electron chi connectivity index (χ1n) is 3.62. The smallest absolute Gasteiger partial charge is 0.409 e. The van der Waals surface area contributed by atoms with E-state index in [4.69, 9.17) is 11.0 Å². The molecular weight excluding hydrogens is 168 g/mol. The molecule has 1 aromatic carbocycles. The van der Waals surface area contributed by atoms with Gasteiger partial charge >= 0.3 is 6.09 Å². The fourth-order valence-corrected chi connectivity index (χ4v) is 0.978. The van der Waals surface area contributed by atoms with Crippen molar-refractivity contribution in [1.82, 2.24) is 0 Å². The summed E-state index contributed by atoms with van der Waals surface area (Å²) < 4.78 is 4.63. The Kier molecular flexibility index (Phi) is 2.50. The summed E-state index contributed by atoms with van der Waals surface area (Å²) in [6.45, 7) is 1.76. The van der Waals surface area contributed by atoms with Gasteiger partial charge in [0.15, 0.2) is 5.75 Å². The third kappa shape index (κ3) is 1.97. The van der Waals surface area contributed by atoms with Gasteiger partial charge in [0, 0.05) is 0 Å². The van der Waals surface area contributed by atoms with Crippen molar-refractivity contribution < 1.29 is 9.53 Å². The Hall–Kier alpha value is -2.02. The summed E-state index contributed by atoms with van der Waals surface area (Å²) in [5.41, 5.74) is 5.91. The minimum absolute atomic E-state index is 0.204. The molecule has 0 aliphatic carbocycles. The van der Waals surface area contributed by atoms with Crippen LogP contribution in [0.3, 0.4) is 0 Å². The van der Waals surface area contributed by atoms with Crippen molar-refractivity contribution >= 4 is 6.09 Å². The van der Waals surface area contributed by atoms with Crippen LogP contribution in [-0.2, 0) is 0 Å². The third-order valence-electron chi connectivity index (χ3n) is 1.56. The van der Waals surface area contributed by atoms with Crippen LogP contribution in [0.25, 0.3) is 0 Å². The molecule has 0 heterocycles. The largest absolute Gasteiger partial charge is 0.410 e. The van der Waals surface area contributed by atoms with Crippen LogP contribution in [0.15, 0.2) is 18.2 Å². The first-order valence-corrected chi connectivity index (χ1v) is 3.62. The Morgan fingerprint density at radius 2 is 2.31 bits per heavy atom. The molecule has 1 aromatic rings. The van der Waals surface area contributed by atoms with Gasteiger partial charge in [-0.15, -0.1) is 0 Å². The van der Waals surface area contributed by atoms with E-state index in [1.807, 2.05) is 6.07 Å². The summed E-state index contributed by atoms with van der Waals surface area (Å²) >= 11 is 0. The number of benzene rings is 1. The van der Waals surface area contributed by atoms with Gasteiger partial charge in [0.2, 0.25) is 0 Å². The fourth-order valence-electron chi connectivity index (χ4n) is 0.978. The van der Waals surface area contributed by atoms with Gasteiger partial charge in [0.05, 0.1) is 5.56 Å². The molecular formula is C9H8N2O2. The van der Waals surface area contributed by atoms with Crippen LogP contribution in [0.4, 0.5) is 4.79 Å². The Morgan fingerprint density at radius 3 is 2.85 bits per heavy atom. The van der Waals surface area contributed by atoms with Crippen LogP contribution in [0.1, 0.15) is 11.1 Å². The number of nitrogens with zero attached hydrogens (tertiary/aromatic N) is 1. The average Bonchev–Trinajstić information content (AvgIpc) is 2.03. The zero-order chi connectivity index (χ0) is 9.84. The lowest BCUT2D eigenvalue weighted by molar-refractivity contribution is 0.210. The van der Waals surface area contributed by atoms with Crippen molar-refractivity contribution in [3.8, 4) is 11.8 Å². The summed E-state index contributed by atoms with van der Waals surface area (Å²) in [7, 11) is 0. The van der Waals surface area contributed by atoms with Gasteiger partial charge in [-0.1, -0.05) is 12.1 Å². The number of nitrogens with two attached hydrogens (primary N) is 1. The van der Waals surface area contributed by atoms with Crippen LogP contribution in [0.2, 0.25) is 0 Å². The van der Waals surface area contributed by atoms with Crippen LogP contribution in [0, 0.1) is 18.3 Å². The monoisotopic (exact) mass is 176 g/mol. The molecule has 13 heavy (non-hydrogen) atoms. The Morgan fingerprint density at radius 1 is 1.62 bits per heavy atom. The van der Waals surface area contributed by atoms with E-state index < -0.39 is 6.09 Å². The van der Waals surface area contributed by atoms with Gasteiger partial charge < -0.3 is 10.5 Å². The molecule has 66 valence electrons. The number of nitriles is 1. The van der Waals surface area contributed by atoms with Gasteiger partial charge in [-0.25, -0.2) is 4.79 Å². The Bertz CT molecular complexity index is 380. The molecule has 0 saturated heterocycles. The lowest BCUT2D eigenvalue weighted by Gasteiger charge is -2.04. The fraction of sp³-hybridized carbons (Fsp3) is 0.111. The lowest BCUT2D eigenvalue weighted by Crippen LogP contribution is -2.17. The molecule has 4 nitrogen and oxygen atoms in total. The number of rotatable bonds is 1. The summed E-state index contributed by atoms with van der Waals surface area (Å²) in [6, 6.07) is 6.91. The minimum Gasteiger partial charge on any atom is -0.409 e. The molecule has 0 aromatic heterocycles. The molecule has 4 heteroatoms. The highest BCUT2D eigenvalue weighted by atomic mass is 16.5.